The minimum Gasteiger partial charge on any atom is -0.383 e. The molecule has 0 fully saturated rings. The molecule has 0 aromatic carbocycles. The van der Waals surface area contributed by atoms with Crippen molar-refractivity contribution >= 4 is 5.82 Å². The van der Waals surface area contributed by atoms with Gasteiger partial charge in [-0.25, -0.2) is 4.98 Å². The highest BCUT2D eigenvalue weighted by molar-refractivity contribution is 5.41. The quantitative estimate of drug-likeness (QED) is 0.790. The molecular formula is C17H31N3O. The minimum absolute atomic E-state index is 0.0371. The van der Waals surface area contributed by atoms with E-state index in [4.69, 9.17) is 9.72 Å². The Kier molecular flexibility index (Phi) is 6.17. The lowest BCUT2D eigenvalue weighted by atomic mass is 9.90. The van der Waals surface area contributed by atoms with Crippen molar-refractivity contribution in [3.63, 3.8) is 0 Å². The third-order valence-electron chi connectivity index (χ3n) is 3.09. The van der Waals surface area contributed by atoms with E-state index in [0.717, 1.165) is 24.6 Å². The maximum absolute atomic E-state index is 5.08. The number of nitrogens with zero attached hydrogens (tertiary/aromatic N) is 1. The van der Waals surface area contributed by atoms with Gasteiger partial charge in [-0.1, -0.05) is 20.8 Å². The van der Waals surface area contributed by atoms with Crippen LogP contribution in [0.1, 0.15) is 52.8 Å². The Morgan fingerprint density at radius 2 is 1.76 bits per heavy atom. The lowest BCUT2D eigenvalue weighted by molar-refractivity contribution is 0.210. The van der Waals surface area contributed by atoms with E-state index in [2.05, 4.69) is 64.3 Å². The van der Waals surface area contributed by atoms with Gasteiger partial charge in [-0.15, -0.1) is 0 Å². The molecule has 0 aliphatic rings. The highest BCUT2D eigenvalue weighted by Gasteiger charge is 2.18. The van der Waals surface area contributed by atoms with Gasteiger partial charge in [0.05, 0.1) is 6.61 Å². The summed E-state index contributed by atoms with van der Waals surface area (Å²) in [6.07, 6.45) is 0. The maximum atomic E-state index is 5.08. The lowest BCUT2D eigenvalue weighted by Crippen LogP contribution is -2.35. The monoisotopic (exact) mass is 293 g/mol. The van der Waals surface area contributed by atoms with Crippen LogP contribution in [0.25, 0.3) is 0 Å². The summed E-state index contributed by atoms with van der Waals surface area (Å²) in [7, 11) is 1.71. The van der Waals surface area contributed by atoms with Gasteiger partial charge in [-0.2, -0.15) is 0 Å². The van der Waals surface area contributed by atoms with Crippen molar-refractivity contribution in [3.05, 3.63) is 23.4 Å². The van der Waals surface area contributed by atoms with Crippen LogP contribution in [-0.2, 0) is 16.7 Å². The van der Waals surface area contributed by atoms with Crippen LogP contribution in [-0.4, -0.2) is 30.8 Å². The Balaban J connectivity index is 2.92. The summed E-state index contributed by atoms with van der Waals surface area (Å²) in [5.41, 5.74) is 2.50. The Labute approximate surface area is 129 Å². The molecule has 0 spiro atoms. The first-order valence-electron chi connectivity index (χ1n) is 7.61. The molecule has 1 aromatic rings. The second kappa shape index (κ2) is 7.23. The molecule has 4 nitrogen and oxygen atoms in total. The average Bonchev–Trinajstić information content (AvgIpc) is 2.35. The van der Waals surface area contributed by atoms with E-state index in [9.17, 15) is 0 Å². The Hall–Kier alpha value is -1.13. The predicted octanol–water partition coefficient (Wildman–Crippen LogP) is 3.33. The first-order valence-corrected chi connectivity index (χ1v) is 7.61. The van der Waals surface area contributed by atoms with Crippen molar-refractivity contribution in [1.82, 2.24) is 10.3 Å². The highest BCUT2D eigenvalue weighted by atomic mass is 16.5. The number of ether oxygens (including phenoxy) is 1. The zero-order valence-corrected chi connectivity index (χ0v) is 14.6. The first-order chi connectivity index (χ1) is 9.62. The summed E-state index contributed by atoms with van der Waals surface area (Å²) in [5, 5.41) is 6.86. The van der Waals surface area contributed by atoms with Crippen LogP contribution in [0.4, 0.5) is 5.82 Å². The summed E-state index contributed by atoms with van der Waals surface area (Å²) in [6, 6.07) is 4.31. The molecule has 0 aliphatic carbocycles. The zero-order chi connectivity index (χ0) is 16.1. The van der Waals surface area contributed by atoms with E-state index in [-0.39, 0.29) is 11.0 Å². The summed E-state index contributed by atoms with van der Waals surface area (Å²) >= 11 is 0. The topological polar surface area (TPSA) is 46.2 Å². The number of methoxy groups -OCH3 is 1. The fourth-order valence-electron chi connectivity index (χ4n) is 1.81. The molecule has 1 rings (SSSR count). The van der Waals surface area contributed by atoms with Crippen LogP contribution in [0, 0.1) is 0 Å². The molecular weight excluding hydrogens is 262 g/mol. The summed E-state index contributed by atoms with van der Waals surface area (Å²) in [6.45, 7) is 15.4. The van der Waals surface area contributed by atoms with Crippen LogP contribution in [0.5, 0.6) is 0 Å². The van der Waals surface area contributed by atoms with Crippen LogP contribution < -0.4 is 10.6 Å². The summed E-state index contributed by atoms with van der Waals surface area (Å²) in [4.78, 5) is 4.73. The number of pyridine rings is 1. The lowest BCUT2D eigenvalue weighted by Gasteiger charge is -2.23. The van der Waals surface area contributed by atoms with Gasteiger partial charge in [0.1, 0.15) is 5.82 Å². The summed E-state index contributed by atoms with van der Waals surface area (Å²) < 4.78 is 5.08. The molecule has 4 heteroatoms. The van der Waals surface area contributed by atoms with Gasteiger partial charge in [0, 0.05) is 36.8 Å². The van der Waals surface area contributed by atoms with Crippen LogP contribution in [0.2, 0.25) is 0 Å². The van der Waals surface area contributed by atoms with Gasteiger partial charge in [-0.3, -0.25) is 0 Å². The van der Waals surface area contributed by atoms with Crippen LogP contribution >= 0.6 is 0 Å². The fourth-order valence-corrected chi connectivity index (χ4v) is 1.81. The molecule has 0 unspecified atom stereocenters. The molecule has 21 heavy (non-hydrogen) atoms. The molecule has 0 radical (unpaired) electrons. The maximum Gasteiger partial charge on any atom is 0.126 e. The van der Waals surface area contributed by atoms with Gasteiger partial charge < -0.3 is 15.4 Å². The first kappa shape index (κ1) is 17.9. The van der Waals surface area contributed by atoms with Crippen molar-refractivity contribution < 1.29 is 4.74 Å². The number of hydrogen-bond acceptors (Lipinski definition) is 4. The molecule has 0 saturated heterocycles. The zero-order valence-electron chi connectivity index (χ0n) is 14.6. The molecule has 0 amide bonds. The number of anilines is 1. The minimum atomic E-state index is 0.0371. The van der Waals surface area contributed by atoms with Gasteiger partial charge in [0.25, 0.3) is 0 Å². The molecule has 1 heterocycles. The SMILES string of the molecule is COCCNc1cc(CNC(C)(C)C)cc(C(C)(C)C)n1. The number of rotatable bonds is 6. The smallest absolute Gasteiger partial charge is 0.126 e. The molecule has 0 saturated carbocycles. The molecule has 120 valence electrons. The standard InChI is InChI=1S/C17H31N3O/c1-16(2,3)14-10-13(12-19-17(4,5)6)11-15(20-14)18-8-9-21-7/h10-11,19H,8-9,12H2,1-7H3,(H,18,20). The molecule has 0 bridgehead atoms. The third kappa shape index (κ3) is 6.91. The second-order valence-corrected chi connectivity index (χ2v) is 7.52. The van der Waals surface area contributed by atoms with E-state index >= 15 is 0 Å². The van der Waals surface area contributed by atoms with E-state index in [1.54, 1.807) is 7.11 Å². The van der Waals surface area contributed by atoms with Crippen LogP contribution in [0.3, 0.4) is 0 Å². The van der Waals surface area contributed by atoms with E-state index < -0.39 is 0 Å². The third-order valence-corrected chi connectivity index (χ3v) is 3.09. The van der Waals surface area contributed by atoms with Crippen molar-refractivity contribution in [2.45, 2.75) is 59.0 Å². The highest BCUT2D eigenvalue weighted by Crippen LogP contribution is 2.23. The second-order valence-electron chi connectivity index (χ2n) is 7.52. The molecule has 2 N–H and O–H groups in total. The largest absolute Gasteiger partial charge is 0.383 e. The molecule has 0 aliphatic heterocycles. The Morgan fingerprint density at radius 3 is 2.29 bits per heavy atom. The average molecular weight is 293 g/mol. The van der Waals surface area contributed by atoms with Crippen molar-refractivity contribution in [3.8, 4) is 0 Å². The van der Waals surface area contributed by atoms with Crippen LogP contribution in [0.15, 0.2) is 12.1 Å². The van der Waals surface area contributed by atoms with Crippen molar-refractivity contribution in [1.29, 1.82) is 0 Å². The van der Waals surface area contributed by atoms with Gasteiger partial charge >= 0.3 is 0 Å². The number of aromatic nitrogens is 1. The summed E-state index contributed by atoms with van der Waals surface area (Å²) in [5.74, 6) is 0.921. The van der Waals surface area contributed by atoms with Gasteiger partial charge in [0.2, 0.25) is 0 Å². The Morgan fingerprint density at radius 1 is 1.10 bits per heavy atom. The normalized spacial score (nSPS) is 12.5. The van der Waals surface area contributed by atoms with E-state index in [1.165, 1.54) is 5.56 Å². The number of nitrogens with one attached hydrogen (secondary N) is 2. The molecule has 0 atom stereocenters. The predicted molar refractivity (Wildman–Crippen MR) is 89.9 cm³/mol. The Bertz CT molecular complexity index is 444. The van der Waals surface area contributed by atoms with E-state index in [0.29, 0.717) is 6.61 Å². The van der Waals surface area contributed by atoms with Crippen molar-refractivity contribution in [2.24, 2.45) is 0 Å². The molecule has 1 aromatic heterocycles. The van der Waals surface area contributed by atoms with Gasteiger partial charge in [0.15, 0.2) is 0 Å². The van der Waals surface area contributed by atoms with Gasteiger partial charge in [-0.05, 0) is 38.5 Å². The van der Waals surface area contributed by atoms with Crippen molar-refractivity contribution in [2.75, 3.05) is 25.6 Å². The number of hydrogen-bond donors (Lipinski definition) is 2. The fraction of sp³-hybridized carbons (Fsp3) is 0.706. The van der Waals surface area contributed by atoms with E-state index in [1.807, 2.05) is 0 Å².